The predicted octanol–water partition coefficient (Wildman–Crippen LogP) is 2.88. The summed E-state index contributed by atoms with van der Waals surface area (Å²) in [5.74, 6) is 0. The molecular formula is C13H30N2. The Balaban J connectivity index is 3.71. The van der Waals surface area contributed by atoms with E-state index >= 15 is 0 Å². The van der Waals surface area contributed by atoms with Crippen molar-refractivity contribution in [3.8, 4) is 0 Å². The summed E-state index contributed by atoms with van der Waals surface area (Å²) in [6.45, 7) is 15.9. The second-order valence-corrected chi connectivity index (χ2v) is 5.07. The van der Waals surface area contributed by atoms with Crippen molar-refractivity contribution in [2.45, 2.75) is 72.5 Å². The first-order chi connectivity index (χ1) is 6.99. The third kappa shape index (κ3) is 6.91. The molecule has 0 aromatic rings. The SMILES string of the molecule is CCCC(C)NCCN(C(C)C)C(C)C. The van der Waals surface area contributed by atoms with Crippen molar-refractivity contribution in [1.29, 1.82) is 0 Å². The summed E-state index contributed by atoms with van der Waals surface area (Å²) in [5, 5.41) is 3.58. The van der Waals surface area contributed by atoms with Crippen LogP contribution in [0.3, 0.4) is 0 Å². The zero-order valence-corrected chi connectivity index (χ0v) is 11.5. The number of hydrogen-bond acceptors (Lipinski definition) is 2. The van der Waals surface area contributed by atoms with Gasteiger partial charge in [0.25, 0.3) is 0 Å². The minimum Gasteiger partial charge on any atom is -0.313 e. The molecular weight excluding hydrogens is 184 g/mol. The lowest BCUT2D eigenvalue weighted by Crippen LogP contribution is -2.42. The Hall–Kier alpha value is -0.0800. The molecule has 0 saturated heterocycles. The van der Waals surface area contributed by atoms with Crippen molar-refractivity contribution in [1.82, 2.24) is 10.2 Å². The number of rotatable bonds is 8. The average molecular weight is 214 g/mol. The Morgan fingerprint density at radius 1 is 1.00 bits per heavy atom. The van der Waals surface area contributed by atoms with Gasteiger partial charge in [0.05, 0.1) is 0 Å². The number of hydrogen-bond donors (Lipinski definition) is 1. The van der Waals surface area contributed by atoms with Gasteiger partial charge in [-0.3, -0.25) is 4.90 Å². The van der Waals surface area contributed by atoms with Gasteiger partial charge in [-0.25, -0.2) is 0 Å². The molecule has 0 aliphatic heterocycles. The van der Waals surface area contributed by atoms with Gasteiger partial charge in [-0.2, -0.15) is 0 Å². The molecule has 1 unspecified atom stereocenters. The molecule has 0 aromatic heterocycles. The van der Waals surface area contributed by atoms with Gasteiger partial charge in [-0.1, -0.05) is 13.3 Å². The number of nitrogens with zero attached hydrogens (tertiary/aromatic N) is 1. The summed E-state index contributed by atoms with van der Waals surface area (Å²) < 4.78 is 0. The van der Waals surface area contributed by atoms with Crippen molar-refractivity contribution in [3.05, 3.63) is 0 Å². The maximum Gasteiger partial charge on any atom is 0.0112 e. The Morgan fingerprint density at radius 3 is 1.93 bits per heavy atom. The monoisotopic (exact) mass is 214 g/mol. The van der Waals surface area contributed by atoms with Crippen LogP contribution in [0.4, 0.5) is 0 Å². The lowest BCUT2D eigenvalue weighted by Gasteiger charge is -2.31. The largest absolute Gasteiger partial charge is 0.313 e. The van der Waals surface area contributed by atoms with Crippen molar-refractivity contribution >= 4 is 0 Å². The molecule has 0 rings (SSSR count). The normalized spacial score (nSPS) is 14.2. The first-order valence-corrected chi connectivity index (χ1v) is 6.48. The summed E-state index contributed by atoms with van der Waals surface area (Å²) in [4.78, 5) is 2.53. The third-order valence-electron chi connectivity index (χ3n) is 2.91. The maximum absolute atomic E-state index is 3.58. The molecule has 0 amide bonds. The van der Waals surface area contributed by atoms with Crippen LogP contribution in [0.1, 0.15) is 54.4 Å². The second kappa shape index (κ2) is 8.12. The van der Waals surface area contributed by atoms with Crippen LogP contribution in [0.15, 0.2) is 0 Å². The van der Waals surface area contributed by atoms with Gasteiger partial charge < -0.3 is 5.32 Å². The van der Waals surface area contributed by atoms with E-state index in [1.54, 1.807) is 0 Å². The molecule has 0 spiro atoms. The Morgan fingerprint density at radius 2 is 1.53 bits per heavy atom. The molecule has 92 valence electrons. The van der Waals surface area contributed by atoms with E-state index in [1.165, 1.54) is 12.8 Å². The fourth-order valence-electron chi connectivity index (χ4n) is 2.09. The first-order valence-electron chi connectivity index (χ1n) is 6.48. The summed E-state index contributed by atoms with van der Waals surface area (Å²) in [7, 11) is 0. The summed E-state index contributed by atoms with van der Waals surface area (Å²) >= 11 is 0. The molecule has 1 N–H and O–H groups in total. The molecule has 0 aliphatic rings. The van der Waals surface area contributed by atoms with Crippen molar-refractivity contribution in [2.24, 2.45) is 0 Å². The van der Waals surface area contributed by atoms with E-state index in [0.29, 0.717) is 18.1 Å². The lowest BCUT2D eigenvalue weighted by molar-refractivity contribution is 0.174. The van der Waals surface area contributed by atoms with Crippen LogP contribution < -0.4 is 5.32 Å². The molecule has 0 aliphatic carbocycles. The Bertz CT molecular complexity index is 135. The topological polar surface area (TPSA) is 15.3 Å². The van der Waals surface area contributed by atoms with Gasteiger partial charge in [-0.15, -0.1) is 0 Å². The van der Waals surface area contributed by atoms with E-state index in [0.717, 1.165) is 13.1 Å². The fraction of sp³-hybridized carbons (Fsp3) is 1.00. The van der Waals surface area contributed by atoms with Crippen LogP contribution in [-0.4, -0.2) is 36.1 Å². The molecule has 0 heterocycles. The highest BCUT2D eigenvalue weighted by atomic mass is 15.2. The second-order valence-electron chi connectivity index (χ2n) is 5.07. The van der Waals surface area contributed by atoms with Crippen molar-refractivity contribution in [2.75, 3.05) is 13.1 Å². The zero-order valence-electron chi connectivity index (χ0n) is 11.5. The van der Waals surface area contributed by atoms with Crippen LogP contribution in [0.5, 0.6) is 0 Å². The number of nitrogens with one attached hydrogen (secondary N) is 1. The fourth-order valence-corrected chi connectivity index (χ4v) is 2.09. The highest BCUT2D eigenvalue weighted by Crippen LogP contribution is 2.03. The van der Waals surface area contributed by atoms with Gasteiger partial charge in [0.2, 0.25) is 0 Å². The van der Waals surface area contributed by atoms with Gasteiger partial charge in [-0.05, 0) is 41.0 Å². The smallest absolute Gasteiger partial charge is 0.0112 e. The van der Waals surface area contributed by atoms with Crippen molar-refractivity contribution in [3.63, 3.8) is 0 Å². The van der Waals surface area contributed by atoms with E-state index in [1.807, 2.05) is 0 Å². The molecule has 0 saturated carbocycles. The highest BCUT2D eigenvalue weighted by molar-refractivity contribution is 4.69. The van der Waals surface area contributed by atoms with Crippen LogP contribution >= 0.6 is 0 Å². The summed E-state index contributed by atoms with van der Waals surface area (Å²) in [5.41, 5.74) is 0. The van der Waals surface area contributed by atoms with Gasteiger partial charge in [0, 0.05) is 31.2 Å². The predicted molar refractivity (Wildman–Crippen MR) is 69.4 cm³/mol. The summed E-state index contributed by atoms with van der Waals surface area (Å²) in [6, 6.07) is 1.96. The van der Waals surface area contributed by atoms with E-state index in [2.05, 4.69) is 51.8 Å². The van der Waals surface area contributed by atoms with Crippen LogP contribution in [-0.2, 0) is 0 Å². The quantitative estimate of drug-likeness (QED) is 0.668. The molecule has 2 heteroatoms. The molecule has 0 bridgehead atoms. The first kappa shape index (κ1) is 14.9. The molecule has 15 heavy (non-hydrogen) atoms. The minimum absolute atomic E-state index is 0.647. The Kier molecular flexibility index (Phi) is 8.07. The van der Waals surface area contributed by atoms with Gasteiger partial charge in [0.15, 0.2) is 0 Å². The van der Waals surface area contributed by atoms with Crippen molar-refractivity contribution < 1.29 is 0 Å². The van der Waals surface area contributed by atoms with Gasteiger partial charge in [0.1, 0.15) is 0 Å². The van der Waals surface area contributed by atoms with E-state index in [-0.39, 0.29) is 0 Å². The molecule has 0 radical (unpaired) electrons. The van der Waals surface area contributed by atoms with Crippen LogP contribution in [0.2, 0.25) is 0 Å². The average Bonchev–Trinajstić information content (AvgIpc) is 2.11. The molecule has 2 nitrogen and oxygen atoms in total. The lowest BCUT2D eigenvalue weighted by atomic mass is 10.2. The third-order valence-corrected chi connectivity index (χ3v) is 2.91. The van der Waals surface area contributed by atoms with Crippen LogP contribution in [0, 0.1) is 0 Å². The van der Waals surface area contributed by atoms with E-state index in [9.17, 15) is 0 Å². The summed E-state index contributed by atoms with van der Waals surface area (Å²) in [6.07, 6.45) is 2.55. The maximum atomic E-state index is 3.58. The van der Waals surface area contributed by atoms with E-state index in [4.69, 9.17) is 0 Å². The zero-order chi connectivity index (χ0) is 11.8. The van der Waals surface area contributed by atoms with Crippen LogP contribution in [0.25, 0.3) is 0 Å². The molecule has 0 aromatic carbocycles. The highest BCUT2D eigenvalue weighted by Gasteiger charge is 2.12. The molecule has 1 atom stereocenters. The minimum atomic E-state index is 0.647. The Labute approximate surface area is 96.4 Å². The van der Waals surface area contributed by atoms with Gasteiger partial charge >= 0.3 is 0 Å². The van der Waals surface area contributed by atoms with E-state index < -0.39 is 0 Å². The standard InChI is InChI=1S/C13H30N2/c1-7-8-13(6)14-9-10-15(11(2)3)12(4)5/h11-14H,7-10H2,1-6H3. The molecule has 0 fully saturated rings.